The van der Waals surface area contributed by atoms with Crippen molar-refractivity contribution in [3.8, 4) is 0 Å². The molecule has 106 valence electrons. The van der Waals surface area contributed by atoms with Gasteiger partial charge in [0, 0.05) is 31.1 Å². The van der Waals surface area contributed by atoms with Gasteiger partial charge >= 0.3 is 0 Å². The molecule has 0 spiro atoms. The molecule has 1 N–H and O–H groups in total. The Balaban J connectivity index is 1.80. The van der Waals surface area contributed by atoms with E-state index in [2.05, 4.69) is 31.0 Å². The molecule has 1 heterocycles. The minimum atomic E-state index is 0.574. The number of nitrogens with one attached hydrogen (secondary N) is 1. The third kappa shape index (κ3) is 4.22. The van der Waals surface area contributed by atoms with E-state index in [1.165, 1.54) is 32.4 Å². The maximum absolute atomic E-state index is 5.68. The fourth-order valence-corrected chi connectivity index (χ4v) is 2.76. The Bertz CT molecular complexity index is 241. The molecule has 2 unspecified atom stereocenters. The minimum absolute atomic E-state index is 0.574. The van der Waals surface area contributed by atoms with Crippen LogP contribution in [0.5, 0.6) is 0 Å². The summed E-state index contributed by atoms with van der Waals surface area (Å²) in [5.41, 5.74) is 0. The fourth-order valence-electron chi connectivity index (χ4n) is 2.76. The molecule has 3 heteroatoms. The Labute approximate surface area is 112 Å². The van der Waals surface area contributed by atoms with Crippen LogP contribution in [0.15, 0.2) is 0 Å². The monoisotopic (exact) mass is 254 g/mol. The smallest absolute Gasteiger partial charge is 0.0623 e. The average Bonchev–Trinajstić information content (AvgIpc) is 3.05. The van der Waals surface area contributed by atoms with Gasteiger partial charge in [0.2, 0.25) is 0 Å². The first-order valence-corrected chi connectivity index (χ1v) is 7.75. The molecule has 0 radical (unpaired) electrons. The lowest BCUT2D eigenvalue weighted by Crippen LogP contribution is -2.44. The summed E-state index contributed by atoms with van der Waals surface area (Å²) in [5, 5.41) is 3.64. The van der Waals surface area contributed by atoms with Crippen molar-refractivity contribution in [1.82, 2.24) is 10.2 Å². The fraction of sp³-hybridized carbons (Fsp3) is 1.00. The Morgan fingerprint density at radius 1 is 1.22 bits per heavy atom. The van der Waals surface area contributed by atoms with Crippen LogP contribution in [0.2, 0.25) is 0 Å². The molecule has 1 saturated heterocycles. The Hall–Kier alpha value is -0.120. The first kappa shape index (κ1) is 14.3. The third-order valence-electron chi connectivity index (χ3n) is 4.24. The number of ether oxygens (including phenoxy) is 1. The highest BCUT2D eigenvalue weighted by Crippen LogP contribution is 2.31. The summed E-state index contributed by atoms with van der Waals surface area (Å²) in [5.74, 6) is 1.66. The van der Waals surface area contributed by atoms with E-state index in [1.54, 1.807) is 0 Å². The molecular formula is C15H30N2O. The van der Waals surface area contributed by atoms with Crippen LogP contribution in [0, 0.1) is 11.8 Å². The first-order chi connectivity index (χ1) is 8.70. The van der Waals surface area contributed by atoms with Crippen molar-refractivity contribution in [1.29, 1.82) is 0 Å². The zero-order valence-electron chi connectivity index (χ0n) is 12.3. The van der Waals surface area contributed by atoms with Crippen LogP contribution in [0.1, 0.15) is 40.0 Å². The van der Waals surface area contributed by atoms with Crippen LogP contribution in [0.3, 0.4) is 0 Å². The topological polar surface area (TPSA) is 24.5 Å². The van der Waals surface area contributed by atoms with Gasteiger partial charge in [0.1, 0.15) is 0 Å². The molecule has 3 nitrogen and oxygen atoms in total. The highest BCUT2D eigenvalue weighted by Gasteiger charge is 2.32. The quantitative estimate of drug-likeness (QED) is 0.718. The zero-order chi connectivity index (χ0) is 13.0. The van der Waals surface area contributed by atoms with Gasteiger partial charge in [-0.25, -0.2) is 0 Å². The Morgan fingerprint density at radius 2 is 2.00 bits per heavy atom. The molecule has 1 aliphatic heterocycles. The van der Waals surface area contributed by atoms with E-state index in [0.29, 0.717) is 18.0 Å². The van der Waals surface area contributed by atoms with Crippen LogP contribution < -0.4 is 5.32 Å². The van der Waals surface area contributed by atoms with Gasteiger partial charge in [-0.05, 0) is 45.6 Å². The van der Waals surface area contributed by atoms with Gasteiger partial charge in [-0.3, -0.25) is 0 Å². The molecular weight excluding hydrogens is 224 g/mol. The number of rotatable bonds is 8. The van der Waals surface area contributed by atoms with E-state index in [1.807, 2.05) is 0 Å². The van der Waals surface area contributed by atoms with Crippen molar-refractivity contribution in [2.24, 2.45) is 11.8 Å². The highest BCUT2D eigenvalue weighted by molar-refractivity contribution is 4.86. The second kappa shape index (κ2) is 6.88. The van der Waals surface area contributed by atoms with E-state index in [-0.39, 0.29) is 0 Å². The molecule has 0 aromatic rings. The summed E-state index contributed by atoms with van der Waals surface area (Å²) in [6.45, 7) is 12.3. The van der Waals surface area contributed by atoms with Gasteiger partial charge in [-0.1, -0.05) is 6.92 Å². The normalized spacial score (nSPS) is 28.5. The van der Waals surface area contributed by atoms with Crippen LogP contribution in [-0.4, -0.2) is 49.8 Å². The molecule has 0 aromatic carbocycles. The van der Waals surface area contributed by atoms with E-state index in [4.69, 9.17) is 4.74 Å². The van der Waals surface area contributed by atoms with Crippen molar-refractivity contribution in [2.75, 3.05) is 32.8 Å². The molecule has 0 amide bonds. The molecule has 0 aromatic heterocycles. The molecule has 2 aliphatic rings. The second-order valence-corrected chi connectivity index (χ2v) is 6.35. The SMILES string of the molecule is CCCNC1COCC1CN(CC1CC1)C(C)C. The lowest BCUT2D eigenvalue weighted by atomic mass is 10.0. The van der Waals surface area contributed by atoms with Gasteiger partial charge in [-0.15, -0.1) is 0 Å². The van der Waals surface area contributed by atoms with E-state index in [0.717, 1.165) is 25.7 Å². The second-order valence-electron chi connectivity index (χ2n) is 6.35. The first-order valence-electron chi connectivity index (χ1n) is 7.75. The van der Waals surface area contributed by atoms with Crippen LogP contribution in [-0.2, 0) is 4.74 Å². The van der Waals surface area contributed by atoms with E-state index >= 15 is 0 Å². The Morgan fingerprint density at radius 3 is 2.61 bits per heavy atom. The highest BCUT2D eigenvalue weighted by atomic mass is 16.5. The van der Waals surface area contributed by atoms with Crippen LogP contribution >= 0.6 is 0 Å². The van der Waals surface area contributed by atoms with Crippen LogP contribution in [0.25, 0.3) is 0 Å². The predicted octanol–water partition coefficient (Wildman–Crippen LogP) is 2.12. The maximum atomic E-state index is 5.68. The standard InChI is InChI=1S/C15H30N2O/c1-4-7-16-15-11-18-10-14(15)9-17(12(2)3)8-13-5-6-13/h12-16H,4-11H2,1-3H3. The van der Waals surface area contributed by atoms with Gasteiger partial charge in [0.25, 0.3) is 0 Å². The molecule has 1 aliphatic carbocycles. The molecule has 0 bridgehead atoms. The maximum Gasteiger partial charge on any atom is 0.0623 e. The van der Waals surface area contributed by atoms with E-state index < -0.39 is 0 Å². The summed E-state index contributed by atoms with van der Waals surface area (Å²) in [4.78, 5) is 2.66. The van der Waals surface area contributed by atoms with Crippen molar-refractivity contribution in [3.05, 3.63) is 0 Å². The van der Waals surface area contributed by atoms with Gasteiger partial charge in [-0.2, -0.15) is 0 Å². The van der Waals surface area contributed by atoms with Crippen LogP contribution in [0.4, 0.5) is 0 Å². The van der Waals surface area contributed by atoms with Crippen molar-refractivity contribution in [2.45, 2.75) is 52.1 Å². The molecule has 2 fully saturated rings. The van der Waals surface area contributed by atoms with Crippen molar-refractivity contribution in [3.63, 3.8) is 0 Å². The molecule has 2 rings (SSSR count). The lowest BCUT2D eigenvalue weighted by molar-refractivity contribution is 0.148. The average molecular weight is 254 g/mol. The number of hydrogen-bond acceptors (Lipinski definition) is 3. The number of nitrogens with zero attached hydrogens (tertiary/aromatic N) is 1. The largest absolute Gasteiger partial charge is 0.379 e. The molecule has 2 atom stereocenters. The van der Waals surface area contributed by atoms with Gasteiger partial charge < -0.3 is 15.0 Å². The summed E-state index contributed by atoms with van der Waals surface area (Å²) in [6.07, 6.45) is 4.10. The zero-order valence-corrected chi connectivity index (χ0v) is 12.3. The predicted molar refractivity (Wildman–Crippen MR) is 75.8 cm³/mol. The number of hydrogen-bond donors (Lipinski definition) is 1. The van der Waals surface area contributed by atoms with Crippen molar-refractivity contribution >= 4 is 0 Å². The summed E-state index contributed by atoms with van der Waals surface area (Å²) >= 11 is 0. The summed E-state index contributed by atoms with van der Waals surface area (Å²) in [7, 11) is 0. The third-order valence-corrected chi connectivity index (χ3v) is 4.24. The lowest BCUT2D eigenvalue weighted by Gasteiger charge is -2.31. The molecule has 1 saturated carbocycles. The van der Waals surface area contributed by atoms with E-state index in [9.17, 15) is 0 Å². The summed E-state index contributed by atoms with van der Waals surface area (Å²) < 4.78 is 5.68. The van der Waals surface area contributed by atoms with Gasteiger partial charge in [0.15, 0.2) is 0 Å². The minimum Gasteiger partial charge on any atom is -0.379 e. The van der Waals surface area contributed by atoms with Gasteiger partial charge in [0.05, 0.1) is 13.2 Å². The Kier molecular flexibility index (Phi) is 5.46. The van der Waals surface area contributed by atoms with Crippen molar-refractivity contribution < 1.29 is 4.74 Å². The molecule has 18 heavy (non-hydrogen) atoms. The summed E-state index contributed by atoms with van der Waals surface area (Å²) in [6, 6.07) is 1.24.